The molecule has 0 aromatic heterocycles. The lowest BCUT2D eigenvalue weighted by atomic mass is 10.0. The van der Waals surface area contributed by atoms with Gasteiger partial charge < -0.3 is 19.7 Å². The van der Waals surface area contributed by atoms with E-state index in [2.05, 4.69) is 5.92 Å². The van der Waals surface area contributed by atoms with Gasteiger partial charge in [0.1, 0.15) is 12.7 Å². The maximum atomic E-state index is 9.55. The Bertz CT molecular complexity index is 198. The minimum Gasteiger partial charge on any atom is -0.388 e. The lowest BCUT2D eigenvalue weighted by Gasteiger charge is -2.35. The zero-order valence-corrected chi connectivity index (χ0v) is 7.51. The van der Waals surface area contributed by atoms with Crippen LogP contribution in [-0.2, 0) is 9.47 Å². The first kappa shape index (κ1) is 10.5. The standard InChI is InChI=1S/C9H14O4/c1-3-4-12-7-5-8(10)13-6(2)9(7)11/h1,6-11H,4-5H2,2H3/t6-,7+,8+,9-/m1/s1. The lowest BCUT2D eigenvalue weighted by molar-refractivity contribution is -0.234. The number of aliphatic hydroxyl groups excluding tert-OH is 2. The van der Waals surface area contributed by atoms with E-state index in [0.717, 1.165) is 0 Å². The van der Waals surface area contributed by atoms with Gasteiger partial charge in [0, 0.05) is 6.42 Å². The van der Waals surface area contributed by atoms with Crippen LogP contribution in [-0.4, -0.2) is 41.4 Å². The molecule has 4 atom stereocenters. The summed E-state index contributed by atoms with van der Waals surface area (Å²) in [4.78, 5) is 0. The molecule has 1 saturated heterocycles. The van der Waals surface area contributed by atoms with Crippen LogP contribution >= 0.6 is 0 Å². The Morgan fingerprint density at radius 1 is 1.62 bits per heavy atom. The minimum atomic E-state index is -0.874. The monoisotopic (exact) mass is 186 g/mol. The second-order valence-electron chi connectivity index (χ2n) is 3.08. The van der Waals surface area contributed by atoms with Gasteiger partial charge >= 0.3 is 0 Å². The second kappa shape index (κ2) is 4.58. The number of rotatable bonds is 2. The van der Waals surface area contributed by atoms with Crippen molar-refractivity contribution in [2.75, 3.05) is 6.61 Å². The molecule has 1 aliphatic rings. The SMILES string of the molecule is C#CCO[C@H]1C[C@@H](O)O[C@H](C)[C@H]1O. The van der Waals surface area contributed by atoms with Crippen molar-refractivity contribution in [3.63, 3.8) is 0 Å². The third-order valence-electron chi connectivity index (χ3n) is 2.05. The van der Waals surface area contributed by atoms with Gasteiger partial charge in [0.2, 0.25) is 0 Å². The molecule has 0 aliphatic carbocycles. The van der Waals surface area contributed by atoms with Crippen LogP contribution in [0, 0.1) is 12.3 Å². The van der Waals surface area contributed by atoms with Crippen molar-refractivity contribution in [2.24, 2.45) is 0 Å². The van der Waals surface area contributed by atoms with Gasteiger partial charge in [0.15, 0.2) is 6.29 Å². The van der Waals surface area contributed by atoms with Crippen molar-refractivity contribution in [1.29, 1.82) is 0 Å². The Kier molecular flexibility index (Phi) is 3.70. The molecule has 1 heterocycles. The molecule has 0 amide bonds. The number of aliphatic hydroxyl groups is 2. The minimum absolute atomic E-state index is 0.140. The molecule has 0 aromatic carbocycles. The predicted octanol–water partition coefficient (Wildman–Crippen LogP) is -0.507. The summed E-state index contributed by atoms with van der Waals surface area (Å²) >= 11 is 0. The van der Waals surface area contributed by atoms with Crippen molar-refractivity contribution >= 4 is 0 Å². The van der Waals surface area contributed by atoms with Crippen molar-refractivity contribution in [3.8, 4) is 12.3 Å². The summed E-state index contributed by atoms with van der Waals surface area (Å²) in [6.07, 6.45) is 2.81. The van der Waals surface area contributed by atoms with Gasteiger partial charge in [-0.15, -0.1) is 6.42 Å². The van der Waals surface area contributed by atoms with Crippen LogP contribution in [0.1, 0.15) is 13.3 Å². The van der Waals surface area contributed by atoms with Crippen molar-refractivity contribution in [3.05, 3.63) is 0 Å². The average molecular weight is 186 g/mol. The molecular formula is C9H14O4. The van der Waals surface area contributed by atoms with Crippen LogP contribution < -0.4 is 0 Å². The fourth-order valence-electron chi connectivity index (χ4n) is 1.35. The van der Waals surface area contributed by atoms with E-state index in [1.165, 1.54) is 0 Å². The fraction of sp³-hybridized carbons (Fsp3) is 0.778. The zero-order chi connectivity index (χ0) is 9.84. The highest BCUT2D eigenvalue weighted by Crippen LogP contribution is 2.20. The highest BCUT2D eigenvalue weighted by atomic mass is 16.6. The van der Waals surface area contributed by atoms with E-state index < -0.39 is 24.6 Å². The maximum absolute atomic E-state index is 9.55. The third-order valence-corrected chi connectivity index (χ3v) is 2.05. The quantitative estimate of drug-likeness (QED) is 0.570. The van der Waals surface area contributed by atoms with Gasteiger partial charge in [0.25, 0.3) is 0 Å². The largest absolute Gasteiger partial charge is 0.388 e. The molecule has 13 heavy (non-hydrogen) atoms. The molecule has 74 valence electrons. The summed E-state index contributed by atoms with van der Waals surface area (Å²) in [6.45, 7) is 1.82. The van der Waals surface area contributed by atoms with E-state index in [1.54, 1.807) is 6.92 Å². The van der Waals surface area contributed by atoms with Crippen molar-refractivity contribution in [2.45, 2.75) is 37.9 Å². The maximum Gasteiger partial charge on any atom is 0.157 e. The Morgan fingerprint density at radius 2 is 2.31 bits per heavy atom. The van der Waals surface area contributed by atoms with Gasteiger partial charge in [-0.05, 0) is 6.92 Å². The molecule has 1 rings (SSSR count). The highest BCUT2D eigenvalue weighted by Gasteiger charge is 2.34. The van der Waals surface area contributed by atoms with E-state index >= 15 is 0 Å². The van der Waals surface area contributed by atoms with E-state index in [-0.39, 0.29) is 13.0 Å². The number of terminal acetylenes is 1. The first-order chi connectivity index (χ1) is 6.15. The number of hydrogen-bond acceptors (Lipinski definition) is 4. The number of ether oxygens (including phenoxy) is 2. The van der Waals surface area contributed by atoms with Crippen LogP contribution in [0.3, 0.4) is 0 Å². The van der Waals surface area contributed by atoms with Crippen LogP contribution in [0.2, 0.25) is 0 Å². The van der Waals surface area contributed by atoms with Gasteiger partial charge in [-0.2, -0.15) is 0 Å². The summed E-state index contributed by atoms with van der Waals surface area (Å²) in [7, 11) is 0. The molecule has 4 nitrogen and oxygen atoms in total. The van der Waals surface area contributed by atoms with Crippen LogP contribution in [0.25, 0.3) is 0 Å². The van der Waals surface area contributed by atoms with E-state index in [0.29, 0.717) is 0 Å². The Balaban J connectivity index is 2.46. The molecule has 1 aliphatic heterocycles. The predicted molar refractivity (Wildman–Crippen MR) is 45.8 cm³/mol. The lowest BCUT2D eigenvalue weighted by Crippen LogP contribution is -2.48. The summed E-state index contributed by atoms with van der Waals surface area (Å²) in [5.74, 6) is 2.31. The van der Waals surface area contributed by atoms with Gasteiger partial charge in [-0.1, -0.05) is 5.92 Å². The fourth-order valence-corrected chi connectivity index (χ4v) is 1.35. The van der Waals surface area contributed by atoms with Gasteiger partial charge in [-0.25, -0.2) is 0 Å². The third kappa shape index (κ3) is 2.68. The molecule has 1 fully saturated rings. The normalized spacial score (nSPS) is 39.8. The zero-order valence-electron chi connectivity index (χ0n) is 7.51. The first-order valence-corrected chi connectivity index (χ1v) is 4.21. The Hall–Kier alpha value is -0.600. The second-order valence-corrected chi connectivity index (χ2v) is 3.08. The molecule has 2 N–H and O–H groups in total. The first-order valence-electron chi connectivity index (χ1n) is 4.21. The molecular weight excluding hydrogens is 172 g/mol. The van der Waals surface area contributed by atoms with Crippen LogP contribution in [0.5, 0.6) is 0 Å². The number of hydrogen-bond donors (Lipinski definition) is 2. The van der Waals surface area contributed by atoms with Gasteiger partial charge in [0.05, 0.1) is 12.2 Å². The average Bonchev–Trinajstić information content (AvgIpc) is 2.09. The summed E-state index contributed by atoms with van der Waals surface area (Å²) in [5.41, 5.74) is 0. The highest BCUT2D eigenvalue weighted by molar-refractivity contribution is 4.86. The smallest absolute Gasteiger partial charge is 0.157 e. The molecule has 0 radical (unpaired) electrons. The van der Waals surface area contributed by atoms with Crippen LogP contribution in [0.4, 0.5) is 0 Å². The van der Waals surface area contributed by atoms with Crippen LogP contribution in [0.15, 0.2) is 0 Å². The van der Waals surface area contributed by atoms with Gasteiger partial charge in [-0.3, -0.25) is 0 Å². The molecule has 0 unspecified atom stereocenters. The Labute approximate surface area is 77.5 Å². The van der Waals surface area contributed by atoms with E-state index in [4.69, 9.17) is 15.9 Å². The molecule has 4 heteroatoms. The molecule has 0 spiro atoms. The van der Waals surface area contributed by atoms with Crippen molar-refractivity contribution < 1.29 is 19.7 Å². The summed E-state index contributed by atoms with van der Waals surface area (Å²) < 4.78 is 10.1. The molecule has 0 aromatic rings. The van der Waals surface area contributed by atoms with Crippen molar-refractivity contribution in [1.82, 2.24) is 0 Å². The molecule has 0 bridgehead atoms. The Morgan fingerprint density at radius 3 is 2.92 bits per heavy atom. The van der Waals surface area contributed by atoms with E-state index in [9.17, 15) is 10.2 Å². The molecule has 0 saturated carbocycles. The summed E-state index contributed by atoms with van der Waals surface area (Å²) in [6, 6.07) is 0. The summed E-state index contributed by atoms with van der Waals surface area (Å²) in [5, 5.41) is 18.8. The topological polar surface area (TPSA) is 58.9 Å². The van der Waals surface area contributed by atoms with E-state index in [1.807, 2.05) is 0 Å².